The first-order valence-electron chi connectivity index (χ1n) is 7.42. The van der Waals surface area contributed by atoms with Gasteiger partial charge in [0.25, 0.3) is 0 Å². The van der Waals surface area contributed by atoms with Crippen LogP contribution in [0.2, 0.25) is 0 Å². The summed E-state index contributed by atoms with van der Waals surface area (Å²) in [5.74, 6) is 0.811. The molecule has 4 heteroatoms. The summed E-state index contributed by atoms with van der Waals surface area (Å²) in [6.07, 6.45) is 1.37. The maximum absolute atomic E-state index is 12.2. The van der Waals surface area contributed by atoms with Crippen molar-refractivity contribution < 1.29 is 9.53 Å². The zero-order valence-corrected chi connectivity index (χ0v) is 13.0. The van der Waals surface area contributed by atoms with Gasteiger partial charge < -0.3 is 15.8 Å². The predicted molar refractivity (Wildman–Crippen MR) is 90.1 cm³/mol. The van der Waals surface area contributed by atoms with Crippen molar-refractivity contribution in [2.24, 2.45) is 0 Å². The Bertz CT molecular complexity index is 626. The van der Waals surface area contributed by atoms with Crippen molar-refractivity contribution in [1.82, 2.24) is 0 Å². The second-order valence-electron chi connectivity index (χ2n) is 5.22. The number of carbonyl (C=O) groups excluding carboxylic acids is 1. The molecule has 22 heavy (non-hydrogen) atoms. The molecule has 2 aromatic rings. The van der Waals surface area contributed by atoms with E-state index in [-0.39, 0.29) is 11.8 Å². The molecule has 2 aromatic carbocycles. The summed E-state index contributed by atoms with van der Waals surface area (Å²) in [5.41, 5.74) is 8.23. The molecule has 0 aliphatic heterocycles. The largest absolute Gasteiger partial charge is 0.495 e. The third-order valence-electron chi connectivity index (χ3n) is 3.71. The van der Waals surface area contributed by atoms with E-state index in [9.17, 15) is 4.79 Å². The Hall–Kier alpha value is -2.49. The fourth-order valence-corrected chi connectivity index (χ4v) is 2.47. The topological polar surface area (TPSA) is 64.3 Å². The lowest BCUT2D eigenvalue weighted by Crippen LogP contribution is -2.15. The molecular formula is C18H22N2O2. The lowest BCUT2D eigenvalue weighted by atomic mass is 9.93. The molecule has 0 radical (unpaired) electrons. The van der Waals surface area contributed by atoms with Crippen molar-refractivity contribution in [3.05, 3.63) is 54.1 Å². The molecule has 0 heterocycles. The molecular weight excluding hydrogens is 276 g/mol. The highest BCUT2D eigenvalue weighted by Crippen LogP contribution is 2.26. The number of rotatable bonds is 6. The first-order valence-corrected chi connectivity index (χ1v) is 7.42. The van der Waals surface area contributed by atoms with Gasteiger partial charge >= 0.3 is 0 Å². The van der Waals surface area contributed by atoms with Gasteiger partial charge in [-0.3, -0.25) is 4.79 Å². The lowest BCUT2D eigenvalue weighted by molar-refractivity contribution is -0.116. The van der Waals surface area contributed by atoms with E-state index < -0.39 is 0 Å². The molecule has 0 spiro atoms. The van der Waals surface area contributed by atoms with Crippen LogP contribution in [-0.4, -0.2) is 13.0 Å². The first-order chi connectivity index (χ1) is 10.6. The fraction of sp³-hybridized carbons (Fsp3) is 0.278. The van der Waals surface area contributed by atoms with Gasteiger partial charge in [0, 0.05) is 12.1 Å². The summed E-state index contributed by atoms with van der Waals surface area (Å²) in [6, 6.07) is 15.4. The number of nitrogen functional groups attached to an aromatic ring is 1. The Morgan fingerprint density at radius 2 is 1.95 bits per heavy atom. The summed E-state index contributed by atoms with van der Waals surface area (Å²) in [5, 5.41) is 2.89. The van der Waals surface area contributed by atoms with Crippen LogP contribution >= 0.6 is 0 Å². The standard InChI is InChI=1S/C18H22N2O2/c1-3-13(14-7-5-4-6-8-14)11-18(21)20-15-9-10-17(22-2)16(19)12-15/h4-10,12-13H,3,11,19H2,1-2H3,(H,20,21). The van der Waals surface area contributed by atoms with Crippen molar-refractivity contribution in [1.29, 1.82) is 0 Å². The molecule has 3 N–H and O–H groups in total. The lowest BCUT2D eigenvalue weighted by Gasteiger charge is -2.15. The fourth-order valence-electron chi connectivity index (χ4n) is 2.47. The van der Waals surface area contributed by atoms with E-state index >= 15 is 0 Å². The first kappa shape index (κ1) is 15.9. The zero-order valence-electron chi connectivity index (χ0n) is 13.0. The minimum atomic E-state index is -0.0136. The number of amides is 1. The number of anilines is 2. The third-order valence-corrected chi connectivity index (χ3v) is 3.71. The smallest absolute Gasteiger partial charge is 0.224 e. The number of hydrogen-bond donors (Lipinski definition) is 2. The SMILES string of the molecule is CCC(CC(=O)Nc1ccc(OC)c(N)c1)c1ccccc1. The number of nitrogens with two attached hydrogens (primary N) is 1. The Morgan fingerprint density at radius 1 is 1.23 bits per heavy atom. The number of ether oxygens (including phenoxy) is 1. The highest BCUT2D eigenvalue weighted by atomic mass is 16.5. The normalized spacial score (nSPS) is 11.7. The molecule has 4 nitrogen and oxygen atoms in total. The van der Waals surface area contributed by atoms with Crippen LogP contribution in [0.1, 0.15) is 31.2 Å². The maximum atomic E-state index is 12.2. The van der Waals surface area contributed by atoms with Crippen LogP contribution in [0.25, 0.3) is 0 Å². The van der Waals surface area contributed by atoms with Crippen molar-refractivity contribution in [3.8, 4) is 5.75 Å². The molecule has 0 aliphatic carbocycles. The molecule has 0 saturated heterocycles. The molecule has 116 valence electrons. The van der Waals surface area contributed by atoms with Crippen molar-refractivity contribution in [2.75, 3.05) is 18.2 Å². The van der Waals surface area contributed by atoms with Crippen LogP contribution in [0, 0.1) is 0 Å². The van der Waals surface area contributed by atoms with E-state index in [1.165, 1.54) is 5.56 Å². The van der Waals surface area contributed by atoms with Gasteiger partial charge in [-0.15, -0.1) is 0 Å². The van der Waals surface area contributed by atoms with E-state index in [1.54, 1.807) is 25.3 Å². The molecule has 0 saturated carbocycles. The molecule has 0 aromatic heterocycles. The summed E-state index contributed by atoms with van der Waals surface area (Å²) >= 11 is 0. The van der Waals surface area contributed by atoms with E-state index in [0.717, 1.165) is 6.42 Å². The Morgan fingerprint density at radius 3 is 2.55 bits per heavy atom. The van der Waals surface area contributed by atoms with Crippen molar-refractivity contribution in [2.45, 2.75) is 25.7 Å². The van der Waals surface area contributed by atoms with Gasteiger partial charge in [0.2, 0.25) is 5.91 Å². The highest BCUT2D eigenvalue weighted by Gasteiger charge is 2.14. The number of benzene rings is 2. The monoisotopic (exact) mass is 298 g/mol. The molecule has 0 aliphatic rings. The van der Waals surface area contributed by atoms with Crippen LogP contribution in [-0.2, 0) is 4.79 Å². The van der Waals surface area contributed by atoms with Crippen molar-refractivity contribution >= 4 is 17.3 Å². The maximum Gasteiger partial charge on any atom is 0.224 e. The van der Waals surface area contributed by atoms with Crippen LogP contribution < -0.4 is 15.8 Å². The van der Waals surface area contributed by atoms with Crippen molar-refractivity contribution in [3.63, 3.8) is 0 Å². The van der Waals surface area contributed by atoms with Gasteiger partial charge in [0.15, 0.2) is 0 Å². The van der Waals surface area contributed by atoms with Crippen LogP contribution in [0.3, 0.4) is 0 Å². The van der Waals surface area contributed by atoms with Gasteiger partial charge in [-0.1, -0.05) is 37.3 Å². The molecule has 1 atom stereocenters. The quantitative estimate of drug-likeness (QED) is 0.797. The van der Waals surface area contributed by atoms with Gasteiger partial charge in [0.1, 0.15) is 5.75 Å². The third kappa shape index (κ3) is 4.01. The molecule has 1 amide bonds. The van der Waals surface area contributed by atoms with E-state index in [2.05, 4.69) is 24.4 Å². The van der Waals surface area contributed by atoms with Gasteiger partial charge in [0.05, 0.1) is 12.8 Å². The van der Waals surface area contributed by atoms with Crippen LogP contribution in [0.4, 0.5) is 11.4 Å². The average molecular weight is 298 g/mol. The minimum absolute atomic E-state index is 0.0136. The zero-order chi connectivity index (χ0) is 15.9. The summed E-state index contributed by atoms with van der Waals surface area (Å²) in [6.45, 7) is 2.09. The summed E-state index contributed by atoms with van der Waals surface area (Å²) in [7, 11) is 1.57. The Balaban J connectivity index is 2.01. The summed E-state index contributed by atoms with van der Waals surface area (Å²) in [4.78, 5) is 12.2. The predicted octanol–water partition coefficient (Wildman–Crippen LogP) is 3.80. The average Bonchev–Trinajstić information content (AvgIpc) is 2.53. The number of methoxy groups -OCH3 is 1. The van der Waals surface area contributed by atoms with E-state index in [4.69, 9.17) is 10.5 Å². The van der Waals surface area contributed by atoms with Gasteiger partial charge in [-0.25, -0.2) is 0 Å². The summed E-state index contributed by atoms with van der Waals surface area (Å²) < 4.78 is 5.11. The van der Waals surface area contributed by atoms with Crippen LogP contribution in [0.5, 0.6) is 5.75 Å². The van der Waals surface area contributed by atoms with Gasteiger partial charge in [-0.05, 0) is 36.1 Å². The molecule has 1 unspecified atom stereocenters. The Labute approximate surface area is 131 Å². The van der Waals surface area contributed by atoms with E-state index in [1.807, 2.05) is 18.2 Å². The van der Waals surface area contributed by atoms with Gasteiger partial charge in [-0.2, -0.15) is 0 Å². The molecule has 0 fully saturated rings. The van der Waals surface area contributed by atoms with E-state index in [0.29, 0.717) is 23.5 Å². The second-order valence-corrected chi connectivity index (χ2v) is 5.22. The Kier molecular flexibility index (Phi) is 5.42. The highest BCUT2D eigenvalue weighted by molar-refractivity contribution is 5.92. The number of hydrogen-bond acceptors (Lipinski definition) is 3. The second kappa shape index (κ2) is 7.50. The minimum Gasteiger partial charge on any atom is -0.495 e. The number of nitrogens with one attached hydrogen (secondary N) is 1. The van der Waals surface area contributed by atoms with Crippen LogP contribution in [0.15, 0.2) is 48.5 Å². The molecule has 2 rings (SSSR count). The number of carbonyl (C=O) groups is 1. The molecule has 0 bridgehead atoms.